The number of nitrogens with zero attached hydrogens (tertiary/aromatic N) is 2. The number of hydrogen-bond acceptors (Lipinski definition) is 6. The van der Waals surface area contributed by atoms with Crippen molar-refractivity contribution in [1.29, 1.82) is 0 Å². The molecule has 3 rings (SSSR count). The molecular weight excluding hydrogens is 428 g/mol. The molecule has 164 valence electrons. The van der Waals surface area contributed by atoms with E-state index in [4.69, 9.17) is 16.7 Å². The second-order valence-corrected chi connectivity index (χ2v) is 8.92. The van der Waals surface area contributed by atoms with E-state index in [9.17, 15) is 4.79 Å². The molecule has 3 aromatic rings. The fourth-order valence-corrected chi connectivity index (χ4v) is 3.99. The first-order chi connectivity index (χ1) is 15.0. The van der Waals surface area contributed by atoms with Crippen LogP contribution >= 0.6 is 23.6 Å². The minimum atomic E-state index is -0.431. The lowest BCUT2D eigenvalue weighted by Gasteiger charge is -2.09. The molecule has 0 atom stereocenters. The van der Waals surface area contributed by atoms with Crippen LogP contribution in [0.4, 0.5) is 5.69 Å². The summed E-state index contributed by atoms with van der Waals surface area (Å²) in [4.78, 5) is 16.7. The number of unbranched alkanes of at least 4 members (excludes halogenated alkanes) is 5. The molecule has 0 aliphatic carbocycles. The number of hydrogen-bond donors (Lipinski definition) is 2. The van der Waals surface area contributed by atoms with Gasteiger partial charge in [0.1, 0.15) is 5.69 Å². The number of nitrogens with one attached hydrogen (secondary N) is 2. The Kier molecular flexibility index (Phi) is 8.73. The Morgan fingerprint density at radius 1 is 1.13 bits per heavy atom. The average Bonchev–Trinajstić information content (AvgIpc) is 3.41. The second kappa shape index (κ2) is 11.7. The van der Waals surface area contributed by atoms with Gasteiger partial charge in [0.15, 0.2) is 16.6 Å². The number of benzene rings is 1. The van der Waals surface area contributed by atoms with Crippen LogP contribution in [-0.2, 0) is 6.42 Å². The van der Waals surface area contributed by atoms with Gasteiger partial charge in [0.05, 0.1) is 5.01 Å². The van der Waals surface area contributed by atoms with Gasteiger partial charge >= 0.3 is 0 Å². The van der Waals surface area contributed by atoms with Crippen molar-refractivity contribution in [2.45, 2.75) is 58.8 Å². The smallest absolute Gasteiger partial charge is 0.279 e. The maximum absolute atomic E-state index is 12.4. The summed E-state index contributed by atoms with van der Waals surface area (Å²) in [5.41, 5.74) is 2.95. The molecule has 1 aromatic carbocycles. The standard InChI is InChI=1S/C23H28N4O2S2/c1-3-4-5-6-7-8-9-17-10-12-18(13-11-17)25-23(30)26-22(28)19-14-21(29-27-19)20-15-31-16(2)24-20/h10-15H,3-9H2,1-2H3,(H2,25,26,28,30). The molecule has 0 spiro atoms. The molecule has 31 heavy (non-hydrogen) atoms. The Labute approximate surface area is 192 Å². The van der Waals surface area contributed by atoms with Crippen LogP contribution in [0.25, 0.3) is 11.5 Å². The van der Waals surface area contributed by atoms with Crippen molar-refractivity contribution in [3.05, 3.63) is 52.0 Å². The number of thiocarbonyl (C=S) groups is 1. The second-order valence-electron chi connectivity index (χ2n) is 7.45. The molecule has 0 aliphatic rings. The summed E-state index contributed by atoms with van der Waals surface area (Å²) in [5.74, 6) is 0.0217. The van der Waals surface area contributed by atoms with Crippen molar-refractivity contribution in [2.75, 3.05) is 5.32 Å². The minimum absolute atomic E-state index is 0.152. The molecule has 0 aliphatic heterocycles. The number of anilines is 1. The summed E-state index contributed by atoms with van der Waals surface area (Å²) in [5, 5.41) is 12.5. The summed E-state index contributed by atoms with van der Waals surface area (Å²) >= 11 is 6.76. The molecule has 0 bridgehead atoms. The van der Waals surface area contributed by atoms with Gasteiger partial charge in [0.2, 0.25) is 0 Å². The SMILES string of the molecule is CCCCCCCCc1ccc(NC(=S)NC(=O)c2cc(-c3csc(C)n3)on2)cc1. The van der Waals surface area contributed by atoms with E-state index in [0.29, 0.717) is 11.5 Å². The van der Waals surface area contributed by atoms with E-state index in [0.717, 1.165) is 17.1 Å². The molecule has 0 fully saturated rings. The van der Waals surface area contributed by atoms with E-state index in [2.05, 4.69) is 39.8 Å². The van der Waals surface area contributed by atoms with Gasteiger partial charge < -0.3 is 9.84 Å². The van der Waals surface area contributed by atoms with Crippen LogP contribution in [-0.4, -0.2) is 21.2 Å². The zero-order valence-electron chi connectivity index (χ0n) is 17.9. The highest BCUT2D eigenvalue weighted by Crippen LogP contribution is 2.22. The third kappa shape index (κ3) is 7.25. The minimum Gasteiger partial charge on any atom is -0.354 e. The number of rotatable bonds is 10. The van der Waals surface area contributed by atoms with Gasteiger partial charge in [-0.2, -0.15) is 0 Å². The van der Waals surface area contributed by atoms with Gasteiger partial charge in [-0.15, -0.1) is 11.3 Å². The van der Waals surface area contributed by atoms with Crippen molar-refractivity contribution in [3.63, 3.8) is 0 Å². The van der Waals surface area contributed by atoms with Crippen molar-refractivity contribution in [3.8, 4) is 11.5 Å². The maximum atomic E-state index is 12.4. The van der Waals surface area contributed by atoms with Crippen LogP contribution in [0.1, 0.15) is 66.5 Å². The Hall–Kier alpha value is -2.58. The summed E-state index contributed by atoms with van der Waals surface area (Å²) in [7, 11) is 0. The molecule has 0 unspecified atom stereocenters. The highest BCUT2D eigenvalue weighted by Gasteiger charge is 2.16. The number of aromatic nitrogens is 2. The van der Waals surface area contributed by atoms with Crippen molar-refractivity contribution < 1.29 is 9.32 Å². The van der Waals surface area contributed by atoms with E-state index in [1.54, 1.807) is 6.07 Å². The largest absolute Gasteiger partial charge is 0.354 e. The Morgan fingerprint density at radius 3 is 2.58 bits per heavy atom. The fraction of sp³-hybridized carbons (Fsp3) is 0.391. The molecule has 0 saturated carbocycles. The summed E-state index contributed by atoms with van der Waals surface area (Å²) in [6, 6.07) is 9.70. The van der Waals surface area contributed by atoms with Crippen LogP contribution in [0.15, 0.2) is 40.2 Å². The van der Waals surface area contributed by atoms with Crippen molar-refractivity contribution in [2.24, 2.45) is 0 Å². The lowest BCUT2D eigenvalue weighted by atomic mass is 10.0. The Balaban J connectivity index is 1.44. The van der Waals surface area contributed by atoms with E-state index >= 15 is 0 Å². The van der Waals surface area contributed by atoms with E-state index < -0.39 is 5.91 Å². The fourth-order valence-electron chi connectivity index (χ4n) is 3.17. The van der Waals surface area contributed by atoms with Crippen LogP contribution in [0, 0.1) is 6.92 Å². The third-order valence-corrected chi connectivity index (χ3v) is 5.85. The zero-order chi connectivity index (χ0) is 22.1. The maximum Gasteiger partial charge on any atom is 0.279 e. The summed E-state index contributed by atoms with van der Waals surface area (Å²) in [6.45, 7) is 4.14. The highest BCUT2D eigenvalue weighted by atomic mass is 32.1. The molecular formula is C23H28N4O2S2. The lowest BCUT2D eigenvalue weighted by Crippen LogP contribution is -2.34. The van der Waals surface area contributed by atoms with Crippen LogP contribution in [0.3, 0.4) is 0 Å². The van der Waals surface area contributed by atoms with Crippen molar-refractivity contribution >= 4 is 40.3 Å². The topological polar surface area (TPSA) is 80.0 Å². The normalized spacial score (nSPS) is 10.8. The molecule has 0 saturated heterocycles. The monoisotopic (exact) mass is 456 g/mol. The zero-order valence-corrected chi connectivity index (χ0v) is 19.6. The van der Waals surface area contributed by atoms with E-state index in [1.165, 1.54) is 55.4 Å². The number of thiazole rings is 1. The van der Waals surface area contributed by atoms with Gasteiger partial charge in [-0.3, -0.25) is 10.1 Å². The van der Waals surface area contributed by atoms with Crippen LogP contribution in [0.2, 0.25) is 0 Å². The Bertz CT molecular complexity index is 995. The third-order valence-electron chi connectivity index (χ3n) is 4.87. The molecule has 6 nitrogen and oxygen atoms in total. The van der Waals surface area contributed by atoms with E-state index in [-0.39, 0.29) is 10.8 Å². The highest BCUT2D eigenvalue weighted by molar-refractivity contribution is 7.80. The van der Waals surface area contributed by atoms with Gasteiger partial charge in [0, 0.05) is 17.1 Å². The Morgan fingerprint density at radius 2 is 1.87 bits per heavy atom. The average molecular weight is 457 g/mol. The summed E-state index contributed by atoms with van der Waals surface area (Å²) < 4.78 is 5.23. The summed E-state index contributed by atoms with van der Waals surface area (Å²) in [6.07, 6.45) is 8.84. The molecule has 1 amide bonds. The number of carbonyl (C=O) groups is 1. The van der Waals surface area contributed by atoms with Gasteiger partial charge in [-0.05, 0) is 49.7 Å². The van der Waals surface area contributed by atoms with Crippen LogP contribution < -0.4 is 10.6 Å². The molecule has 2 aromatic heterocycles. The molecule has 2 N–H and O–H groups in total. The number of aryl methyl sites for hydroxylation is 2. The first kappa shape index (κ1) is 23.1. The predicted molar refractivity (Wildman–Crippen MR) is 130 cm³/mol. The number of carbonyl (C=O) groups excluding carboxylic acids is 1. The number of amides is 1. The predicted octanol–water partition coefficient (Wildman–Crippen LogP) is 6.14. The van der Waals surface area contributed by atoms with Gasteiger partial charge in [0.25, 0.3) is 5.91 Å². The quantitative estimate of drug-likeness (QED) is 0.282. The van der Waals surface area contributed by atoms with Gasteiger partial charge in [-0.1, -0.05) is 56.3 Å². The van der Waals surface area contributed by atoms with E-state index in [1.807, 2.05) is 24.4 Å². The molecule has 2 heterocycles. The first-order valence-corrected chi connectivity index (χ1v) is 11.9. The molecule has 8 heteroatoms. The van der Waals surface area contributed by atoms with Gasteiger partial charge in [-0.25, -0.2) is 4.98 Å². The lowest BCUT2D eigenvalue weighted by molar-refractivity contribution is 0.0969. The first-order valence-electron chi connectivity index (χ1n) is 10.7. The van der Waals surface area contributed by atoms with Crippen molar-refractivity contribution in [1.82, 2.24) is 15.5 Å². The molecule has 0 radical (unpaired) electrons. The van der Waals surface area contributed by atoms with Crippen LogP contribution in [0.5, 0.6) is 0 Å².